The Hall–Kier alpha value is -1.13. The number of hydrogen-bond acceptors (Lipinski definition) is 2. The zero-order chi connectivity index (χ0) is 13.8. The van der Waals surface area contributed by atoms with Crippen molar-refractivity contribution in [3.05, 3.63) is 34.6 Å². The summed E-state index contributed by atoms with van der Waals surface area (Å²) in [6, 6.07) is 4.16. The maximum absolute atomic E-state index is 13.7. The zero-order valence-electron chi connectivity index (χ0n) is 10.6. The topological polar surface area (TPSA) is 40.5 Å². The summed E-state index contributed by atoms with van der Waals surface area (Å²) in [5, 5.41) is 9.25. The predicted molar refractivity (Wildman–Crippen MR) is 71.8 cm³/mol. The molecule has 0 unspecified atom stereocenters. The molecule has 0 saturated heterocycles. The standard InChI is InChI=1S/C14H17ClFNO2/c15-10-5-6-13(16)12(9-10)14(19)17(7-2-8-18)11-3-1-4-11/h5-6,9,11,18H,1-4,7-8H2. The maximum atomic E-state index is 13.7. The average molecular weight is 286 g/mol. The minimum absolute atomic E-state index is 0.0114. The number of carbonyl (C=O) groups excluding carboxylic acids is 1. The summed E-state index contributed by atoms with van der Waals surface area (Å²) in [6.07, 6.45) is 3.48. The molecule has 2 rings (SSSR count). The first-order valence-electron chi connectivity index (χ1n) is 6.50. The first kappa shape index (κ1) is 14.3. The van der Waals surface area contributed by atoms with Crippen molar-refractivity contribution >= 4 is 17.5 Å². The second-order valence-corrected chi connectivity index (χ2v) is 5.22. The minimum atomic E-state index is -0.553. The molecule has 1 aliphatic rings. The smallest absolute Gasteiger partial charge is 0.257 e. The lowest BCUT2D eigenvalue weighted by Gasteiger charge is -2.37. The molecule has 1 N–H and O–H groups in total. The van der Waals surface area contributed by atoms with Crippen LogP contribution in [0.25, 0.3) is 0 Å². The third-order valence-electron chi connectivity index (χ3n) is 3.49. The zero-order valence-corrected chi connectivity index (χ0v) is 11.4. The van der Waals surface area contributed by atoms with Gasteiger partial charge in [-0.25, -0.2) is 4.39 Å². The molecule has 0 atom stereocenters. The fourth-order valence-electron chi connectivity index (χ4n) is 2.21. The van der Waals surface area contributed by atoms with Crippen LogP contribution in [0.15, 0.2) is 18.2 Å². The monoisotopic (exact) mass is 285 g/mol. The van der Waals surface area contributed by atoms with Crippen molar-refractivity contribution in [2.75, 3.05) is 13.2 Å². The van der Waals surface area contributed by atoms with Gasteiger partial charge in [-0.05, 0) is 43.9 Å². The van der Waals surface area contributed by atoms with Gasteiger partial charge in [0.05, 0.1) is 5.56 Å². The first-order chi connectivity index (χ1) is 9.13. The van der Waals surface area contributed by atoms with Gasteiger partial charge in [0.1, 0.15) is 5.82 Å². The molecule has 3 nitrogen and oxygen atoms in total. The highest BCUT2D eigenvalue weighted by Gasteiger charge is 2.30. The van der Waals surface area contributed by atoms with E-state index in [-0.39, 0.29) is 24.1 Å². The molecule has 0 heterocycles. The van der Waals surface area contributed by atoms with E-state index in [9.17, 15) is 9.18 Å². The van der Waals surface area contributed by atoms with Gasteiger partial charge in [0.2, 0.25) is 0 Å². The Morgan fingerprint density at radius 1 is 1.47 bits per heavy atom. The molecule has 104 valence electrons. The summed E-state index contributed by atoms with van der Waals surface area (Å²) >= 11 is 5.82. The highest BCUT2D eigenvalue weighted by molar-refractivity contribution is 6.31. The quantitative estimate of drug-likeness (QED) is 0.904. The van der Waals surface area contributed by atoms with Crippen LogP contribution in [0.3, 0.4) is 0 Å². The van der Waals surface area contributed by atoms with Crippen molar-refractivity contribution < 1.29 is 14.3 Å². The summed E-state index contributed by atoms with van der Waals surface area (Å²) in [5.41, 5.74) is 0.0114. The molecule has 0 spiro atoms. The number of nitrogens with zero attached hydrogens (tertiary/aromatic N) is 1. The summed E-state index contributed by atoms with van der Waals surface area (Å²) in [4.78, 5) is 14.1. The lowest BCUT2D eigenvalue weighted by atomic mass is 9.90. The van der Waals surface area contributed by atoms with E-state index in [0.29, 0.717) is 18.0 Å². The van der Waals surface area contributed by atoms with Crippen LogP contribution in [0.5, 0.6) is 0 Å². The van der Waals surface area contributed by atoms with E-state index in [1.807, 2.05) is 0 Å². The van der Waals surface area contributed by atoms with Crippen LogP contribution < -0.4 is 0 Å². The SMILES string of the molecule is O=C(c1cc(Cl)ccc1F)N(CCCO)C1CCC1. The fraction of sp³-hybridized carbons (Fsp3) is 0.500. The highest BCUT2D eigenvalue weighted by atomic mass is 35.5. The third kappa shape index (κ3) is 3.25. The van der Waals surface area contributed by atoms with Gasteiger partial charge in [0, 0.05) is 24.2 Å². The second kappa shape index (κ2) is 6.35. The van der Waals surface area contributed by atoms with Crippen molar-refractivity contribution in [3.63, 3.8) is 0 Å². The Kier molecular flexibility index (Phi) is 4.77. The number of halogens is 2. The number of carbonyl (C=O) groups is 1. The molecule has 5 heteroatoms. The Bertz CT molecular complexity index is 463. The maximum Gasteiger partial charge on any atom is 0.257 e. The molecular weight excluding hydrogens is 269 g/mol. The molecule has 1 saturated carbocycles. The molecular formula is C14H17ClFNO2. The third-order valence-corrected chi connectivity index (χ3v) is 3.73. The van der Waals surface area contributed by atoms with E-state index >= 15 is 0 Å². The van der Waals surface area contributed by atoms with Crippen molar-refractivity contribution in [3.8, 4) is 0 Å². The van der Waals surface area contributed by atoms with Crippen molar-refractivity contribution in [1.82, 2.24) is 4.90 Å². The van der Waals surface area contributed by atoms with Gasteiger partial charge in [-0.2, -0.15) is 0 Å². The lowest BCUT2D eigenvalue weighted by Crippen LogP contribution is -2.45. The molecule has 0 aliphatic heterocycles. The van der Waals surface area contributed by atoms with E-state index in [1.54, 1.807) is 4.90 Å². The molecule has 19 heavy (non-hydrogen) atoms. The average Bonchev–Trinajstić information content (AvgIpc) is 2.34. The van der Waals surface area contributed by atoms with Crippen LogP contribution in [-0.4, -0.2) is 35.1 Å². The van der Waals surface area contributed by atoms with Crippen LogP contribution >= 0.6 is 11.6 Å². The van der Waals surface area contributed by atoms with Crippen LogP contribution in [0.2, 0.25) is 5.02 Å². The minimum Gasteiger partial charge on any atom is -0.396 e. The summed E-state index contributed by atoms with van der Waals surface area (Å²) in [7, 11) is 0. The summed E-state index contributed by atoms with van der Waals surface area (Å²) < 4.78 is 13.7. The van der Waals surface area contributed by atoms with Crippen molar-refractivity contribution in [2.24, 2.45) is 0 Å². The van der Waals surface area contributed by atoms with Gasteiger partial charge in [-0.1, -0.05) is 11.6 Å². The van der Waals surface area contributed by atoms with Gasteiger partial charge < -0.3 is 10.0 Å². The van der Waals surface area contributed by atoms with E-state index in [2.05, 4.69) is 0 Å². The van der Waals surface area contributed by atoms with Gasteiger partial charge in [0.25, 0.3) is 5.91 Å². The van der Waals surface area contributed by atoms with Crippen LogP contribution in [0, 0.1) is 5.82 Å². The molecule has 0 aromatic heterocycles. The van der Waals surface area contributed by atoms with Crippen LogP contribution in [0.4, 0.5) is 4.39 Å². The van der Waals surface area contributed by atoms with Gasteiger partial charge in [0.15, 0.2) is 0 Å². The van der Waals surface area contributed by atoms with E-state index in [1.165, 1.54) is 18.2 Å². The normalized spacial score (nSPS) is 15.1. The fourth-order valence-corrected chi connectivity index (χ4v) is 2.38. The molecule has 1 aliphatic carbocycles. The molecule has 1 aromatic rings. The van der Waals surface area contributed by atoms with E-state index in [0.717, 1.165) is 19.3 Å². The molecule has 1 aromatic carbocycles. The number of amides is 1. The molecule has 0 bridgehead atoms. The van der Waals surface area contributed by atoms with Crippen molar-refractivity contribution in [1.29, 1.82) is 0 Å². The molecule has 0 radical (unpaired) electrons. The first-order valence-corrected chi connectivity index (χ1v) is 6.88. The van der Waals surface area contributed by atoms with Crippen molar-refractivity contribution in [2.45, 2.75) is 31.7 Å². The van der Waals surface area contributed by atoms with Gasteiger partial charge in [-0.3, -0.25) is 4.79 Å². The molecule has 1 fully saturated rings. The number of hydrogen-bond donors (Lipinski definition) is 1. The number of aliphatic hydroxyl groups is 1. The lowest BCUT2D eigenvalue weighted by molar-refractivity contribution is 0.0558. The Labute approximate surface area is 117 Å². The van der Waals surface area contributed by atoms with E-state index in [4.69, 9.17) is 16.7 Å². The Morgan fingerprint density at radius 3 is 2.79 bits per heavy atom. The Morgan fingerprint density at radius 2 is 2.21 bits per heavy atom. The number of benzene rings is 1. The predicted octanol–water partition coefficient (Wildman–Crippen LogP) is 2.86. The molecule has 1 amide bonds. The summed E-state index contributed by atoms with van der Waals surface area (Å²) in [6.45, 7) is 0.473. The number of aliphatic hydroxyl groups excluding tert-OH is 1. The Balaban J connectivity index is 2.19. The van der Waals surface area contributed by atoms with Crippen LogP contribution in [-0.2, 0) is 0 Å². The van der Waals surface area contributed by atoms with Crippen LogP contribution in [0.1, 0.15) is 36.0 Å². The van der Waals surface area contributed by atoms with Gasteiger partial charge in [-0.15, -0.1) is 0 Å². The largest absolute Gasteiger partial charge is 0.396 e. The summed E-state index contributed by atoms with van der Waals surface area (Å²) in [5.74, 6) is -0.888. The second-order valence-electron chi connectivity index (χ2n) is 4.78. The number of rotatable bonds is 5. The van der Waals surface area contributed by atoms with Gasteiger partial charge >= 0.3 is 0 Å². The van der Waals surface area contributed by atoms with E-state index < -0.39 is 5.82 Å². The highest BCUT2D eigenvalue weighted by Crippen LogP contribution is 2.27.